The van der Waals surface area contributed by atoms with Crippen LogP contribution in [0, 0.1) is 6.92 Å². The highest BCUT2D eigenvalue weighted by Crippen LogP contribution is 2.15. The van der Waals surface area contributed by atoms with Crippen LogP contribution in [-0.2, 0) is 6.54 Å². The van der Waals surface area contributed by atoms with Crippen molar-refractivity contribution in [3.63, 3.8) is 0 Å². The number of carbonyl (C=O) groups is 1. The SMILES string of the molecule is Cc1noc(CNc2ccc(C(=O)N3CCCC3)cc2)n1. The van der Waals surface area contributed by atoms with Crippen LogP contribution in [0.1, 0.15) is 34.9 Å². The van der Waals surface area contributed by atoms with Crippen LogP contribution in [0.15, 0.2) is 28.8 Å². The molecule has 1 saturated heterocycles. The average Bonchev–Trinajstić information content (AvgIpc) is 3.16. The Bertz CT molecular complexity index is 615. The minimum Gasteiger partial charge on any atom is -0.376 e. The number of carbonyl (C=O) groups excluding carboxylic acids is 1. The maximum Gasteiger partial charge on any atom is 0.253 e. The first kappa shape index (κ1) is 13.6. The number of rotatable bonds is 4. The number of likely N-dealkylation sites (tertiary alicyclic amines) is 1. The van der Waals surface area contributed by atoms with Gasteiger partial charge in [0.1, 0.15) is 0 Å². The van der Waals surface area contributed by atoms with Gasteiger partial charge in [-0.2, -0.15) is 4.98 Å². The number of nitrogens with zero attached hydrogens (tertiary/aromatic N) is 3. The van der Waals surface area contributed by atoms with Gasteiger partial charge in [-0.15, -0.1) is 0 Å². The van der Waals surface area contributed by atoms with Crippen molar-refractivity contribution in [2.24, 2.45) is 0 Å². The summed E-state index contributed by atoms with van der Waals surface area (Å²) in [5, 5.41) is 6.92. The number of amides is 1. The molecule has 2 heterocycles. The van der Waals surface area contributed by atoms with Crippen LogP contribution in [0.5, 0.6) is 0 Å². The summed E-state index contributed by atoms with van der Waals surface area (Å²) >= 11 is 0. The van der Waals surface area contributed by atoms with Crippen LogP contribution >= 0.6 is 0 Å². The quantitative estimate of drug-likeness (QED) is 0.933. The van der Waals surface area contributed by atoms with E-state index < -0.39 is 0 Å². The Hall–Kier alpha value is -2.37. The lowest BCUT2D eigenvalue weighted by molar-refractivity contribution is 0.0793. The van der Waals surface area contributed by atoms with Crippen LogP contribution in [-0.4, -0.2) is 34.0 Å². The first-order valence-electron chi connectivity index (χ1n) is 7.15. The van der Waals surface area contributed by atoms with Gasteiger partial charge in [-0.25, -0.2) is 0 Å². The van der Waals surface area contributed by atoms with Crippen molar-refractivity contribution < 1.29 is 9.32 Å². The Morgan fingerprint density at radius 1 is 1.29 bits per heavy atom. The number of nitrogens with one attached hydrogen (secondary N) is 1. The summed E-state index contributed by atoms with van der Waals surface area (Å²) in [6, 6.07) is 7.49. The second-order valence-electron chi connectivity index (χ2n) is 5.17. The molecule has 0 aliphatic carbocycles. The van der Waals surface area contributed by atoms with Crippen molar-refractivity contribution >= 4 is 11.6 Å². The van der Waals surface area contributed by atoms with E-state index >= 15 is 0 Å². The summed E-state index contributed by atoms with van der Waals surface area (Å²) in [6.45, 7) is 4.00. The van der Waals surface area contributed by atoms with Gasteiger partial charge in [-0.3, -0.25) is 4.79 Å². The molecule has 1 aromatic heterocycles. The molecule has 6 heteroatoms. The predicted molar refractivity (Wildman–Crippen MR) is 77.9 cm³/mol. The van der Waals surface area contributed by atoms with E-state index in [4.69, 9.17) is 4.52 Å². The van der Waals surface area contributed by atoms with Crippen molar-refractivity contribution in [1.82, 2.24) is 15.0 Å². The Labute approximate surface area is 123 Å². The summed E-state index contributed by atoms with van der Waals surface area (Å²) in [5.41, 5.74) is 1.65. The number of hydrogen-bond acceptors (Lipinski definition) is 5. The maximum absolute atomic E-state index is 12.2. The lowest BCUT2D eigenvalue weighted by atomic mass is 10.2. The summed E-state index contributed by atoms with van der Waals surface area (Å²) in [7, 11) is 0. The molecule has 110 valence electrons. The van der Waals surface area contributed by atoms with Crippen LogP contribution in [0.25, 0.3) is 0 Å². The van der Waals surface area contributed by atoms with Crippen molar-refractivity contribution in [1.29, 1.82) is 0 Å². The number of aromatic nitrogens is 2. The van der Waals surface area contributed by atoms with Crippen LogP contribution in [0.4, 0.5) is 5.69 Å². The molecular weight excluding hydrogens is 268 g/mol. The molecule has 1 N–H and O–H groups in total. The van der Waals surface area contributed by atoms with Gasteiger partial charge >= 0.3 is 0 Å². The molecule has 0 radical (unpaired) electrons. The van der Waals surface area contributed by atoms with E-state index in [1.54, 1.807) is 6.92 Å². The first-order valence-corrected chi connectivity index (χ1v) is 7.15. The highest BCUT2D eigenvalue weighted by molar-refractivity contribution is 5.94. The van der Waals surface area contributed by atoms with E-state index in [0.29, 0.717) is 18.3 Å². The number of aryl methyl sites for hydroxylation is 1. The Morgan fingerprint density at radius 2 is 2.00 bits per heavy atom. The van der Waals surface area contributed by atoms with E-state index in [2.05, 4.69) is 15.5 Å². The van der Waals surface area contributed by atoms with Gasteiger partial charge in [0, 0.05) is 24.3 Å². The van der Waals surface area contributed by atoms with E-state index in [9.17, 15) is 4.79 Å². The van der Waals surface area contributed by atoms with Gasteiger partial charge in [0.05, 0.1) is 6.54 Å². The summed E-state index contributed by atoms with van der Waals surface area (Å²) in [6.07, 6.45) is 2.21. The highest BCUT2D eigenvalue weighted by atomic mass is 16.5. The molecule has 0 spiro atoms. The van der Waals surface area contributed by atoms with Gasteiger partial charge in [0.15, 0.2) is 5.82 Å². The van der Waals surface area contributed by atoms with Crippen LogP contribution in [0.2, 0.25) is 0 Å². The van der Waals surface area contributed by atoms with E-state index in [-0.39, 0.29) is 5.91 Å². The second kappa shape index (κ2) is 5.95. The largest absolute Gasteiger partial charge is 0.376 e. The fraction of sp³-hybridized carbons (Fsp3) is 0.400. The zero-order valence-electron chi connectivity index (χ0n) is 12.0. The number of benzene rings is 1. The molecule has 6 nitrogen and oxygen atoms in total. The summed E-state index contributed by atoms with van der Waals surface area (Å²) in [4.78, 5) is 18.2. The lowest BCUT2D eigenvalue weighted by Gasteiger charge is -2.15. The van der Waals surface area contributed by atoms with Crippen molar-refractivity contribution in [3.05, 3.63) is 41.5 Å². The molecule has 2 aromatic rings. The van der Waals surface area contributed by atoms with Gasteiger partial charge in [0.25, 0.3) is 5.91 Å². The monoisotopic (exact) mass is 286 g/mol. The van der Waals surface area contributed by atoms with Crippen molar-refractivity contribution in [3.8, 4) is 0 Å². The molecule has 0 atom stereocenters. The third-order valence-electron chi connectivity index (χ3n) is 3.54. The van der Waals surface area contributed by atoms with E-state index in [1.807, 2.05) is 29.2 Å². The summed E-state index contributed by atoms with van der Waals surface area (Å²) in [5.74, 6) is 1.29. The summed E-state index contributed by atoms with van der Waals surface area (Å²) < 4.78 is 5.03. The Morgan fingerprint density at radius 3 is 2.62 bits per heavy atom. The molecule has 1 fully saturated rings. The van der Waals surface area contributed by atoms with Gasteiger partial charge in [-0.05, 0) is 44.0 Å². The smallest absolute Gasteiger partial charge is 0.253 e. The molecule has 3 rings (SSSR count). The molecule has 0 bridgehead atoms. The third-order valence-corrected chi connectivity index (χ3v) is 3.54. The first-order chi connectivity index (χ1) is 10.2. The van der Waals surface area contributed by atoms with Crippen LogP contribution in [0.3, 0.4) is 0 Å². The zero-order valence-corrected chi connectivity index (χ0v) is 12.0. The van der Waals surface area contributed by atoms with E-state index in [0.717, 1.165) is 37.2 Å². The van der Waals surface area contributed by atoms with Crippen LogP contribution < -0.4 is 5.32 Å². The third kappa shape index (κ3) is 3.21. The fourth-order valence-electron chi connectivity index (χ4n) is 2.42. The van der Waals surface area contributed by atoms with Crippen molar-refractivity contribution in [2.75, 3.05) is 18.4 Å². The standard InChI is InChI=1S/C15H18N4O2/c1-11-17-14(21-18-11)10-16-13-6-4-12(5-7-13)15(20)19-8-2-3-9-19/h4-7,16H,2-3,8-10H2,1H3. The Kier molecular flexibility index (Phi) is 3.85. The minimum absolute atomic E-state index is 0.117. The molecule has 0 saturated carbocycles. The zero-order chi connectivity index (χ0) is 14.7. The number of hydrogen-bond donors (Lipinski definition) is 1. The van der Waals surface area contributed by atoms with E-state index in [1.165, 1.54) is 0 Å². The van der Waals surface area contributed by atoms with Gasteiger partial charge in [-0.1, -0.05) is 5.16 Å². The normalized spacial score (nSPS) is 14.4. The second-order valence-corrected chi connectivity index (χ2v) is 5.17. The molecule has 1 aromatic carbocycles. The molecular formula is C15H18N4O2. The van der Waals surface area contributed by atoms with Gasteiger partial charge in [0.2, 0.25) is 5.89 Å². The topological polar surface area (TPSA) is 71.3 Å². The van der Waals surface area contributed by atoms with Gasteiger partial charge < -0.3 is 14.7 Å². The van der Waals surface area contributed by atoms with Crippen molar-refractivity contribution in [2.45, 2.75) is 26.3 Å². The maximum atomic E-state index is 12.2. The Balaban J connectivity index is 1.59. The minimum atomic E-state index is 0.117. The number of anilines is 1. The molecule has 21 heavy (non-hydrogen) atoms. The average molecular weight is 286 g/mol. The predicted octanol–water partition coefficient (Wildman–Crippen LogP) is 2.23. The molecule has 1 aliphatic rings. The molecule has 1 aliphatic heterocycles. The highest BCUT2D eigenvalue weighted by Gasteiger charge is 2.19. The molecule has 0 unspecified atom stereocenters. The fourth-order valence-corrected chi connectivity index (χ4v) is 2.42. The molecule has 1 amide bonds. The lowest BCUT2D eigenvalue weighted by Crippen LogP contribution is -2.27.